The molecule has 32 heavy (non-hydrogen) atoms. The first-order valence-corrected chi connectivity index (χ1v) is 11.0. The quantitative estimate of drug-likeness (QED) is 0.296. The van der Waals surface area contributed by atoms with E-state index in [0.717, 1.165) is 56.0 Å². The van der Waals surface area contributed by atoms with Gasteiger partial charge in [0, 0.05) is 11.1 Å². The molecule has 0 aliphatic heterocycles. The Morgan fingerprint density at radius 1 is 0.531 bits per heavy atom. The standard InChI is InChI=1S/C29H24O3/c1-3-31-21-13-9-19(10-14-21)25-17-27-23-7-5-6-8-24(23)29(30)28(27)18-26(25)20-11-15-22(16-12-20)32-4-2/h5-18H,3-4H2,1-2H3. The summed E-state index contributed by atoms with van der Waals surface area (Å²) < 4.78 is 11.2. The molecule has 4 aromatic rings. The molecule has 0 spiro atoms. The minimum absolute atomic E-state index is 0.0843. The monoisotopic (exact) mass is 420 g/mol. The zero-order valence-corrected chi connectivity index (χ0v) is 18.2. The van der Waals surface area contributed by atoms with Crippen LogP contribution in [0.5, 0.6) is 11.5 Å². The highest BCUT2D eigenvalue weighted by atomic mass is 16.5. The van der Waals surface area contributed by atoms with E-state index in [1.807, 2.05) is 68.4 Å². The summed E-state index contributed by atoms with van der Waals surface area (Å²) >= 11 is 0. The Balaban J connectivity index is 1.69. The number of benzene rings is 4. The van der Waals surface area contributed by atoms with Gasteiger partial charge in [0.2, 0.25) is 0 Å². The molecule has 0 atom stereocenters. The van der Waals surface area contributed by atoms with Gasteiger partial charge in [-0.3, -0.25) is 4.79 Å². The van der Waals surface area contributed by atoms with Gasteiger partial charge in [0.15, 0.2) is 5.78 Å². The van der Waals surface area contributed by atoms with E-state index in [2.05, 4.69) is 30.3 Å². The van der Waals surface area contributed by atoms with E-state index in [1.165, 1.54) is 0 Å². The third-order valence-electron chi connectivity index (χ3n) is 5.82. The number of ketones is 1. The second kappa shape index (κ2) is 8.35. The van der Waals surface area contributed by atoms with Gasteiger partial charge in [-0.05, 0) is 83.6 Å². The maximum atomic E-state index is 13.1. The van der Waals surface area contributed by atoms with Crippen molar-refractivity contribution in [2.24, 2.45) is 0 Å². The lowest BCUT2D eigenvalue weighted by Crippen LogP contribution is -1.97. The molecule has 0 N–H and O–H groups in total. The number of hydrogen-bond acceptors (Lipinski definition) is 3. The molecule has 0 unspecified atom stereocenters. The van der Waals surface area contributed by atoms with Gasteiger partial charge in [0.05, 0.1) is 13.2 Å². The summed E-state index contributed by atoms with van der Waals surface area (Å²) in [6.45, 7) is 5.21. The van der Waals surface area contributed by atoms with Crippen molar-refractivity contribution in [3.8, 4) is 44.9 Å². The van der Waals surface area contributed by atoms with E-state index in [4.69, 9.17) is 9.47 Å². The molecular formula is C29H24O3. The molecule has 0 radical (unpaired) electrons. The number of fused-ring (bicyclic) bond motifs is 3. The Morgan fingerprint density at radius 3 is 1.50 bits per heavy atom. The Morgan fingerprint density at radius 2 is 1.00 bits per heavy atom. The van der Waals surface area contributed by atoms with Crippen molar-refractivity contribution in [3.63, 3.8) is 0 Å². The molecule has 3 nitrogen and oxygen atoms in total. The van der Waals surface area contributed by atoms with Gasteiger partial charge in [-0.1, -0.05) is 48.5 Å². The Hall–Kier alpha value is -3.85. The molecule has 3 heteroatoms. The lowest BCUT2D eigenvalue weighted by atomic mass is 9.90. The van der Waals surface area contributed by atoms with E-state index in [1.54, 1.807) is 0 Å². The number of ether oxygens (including phenoxy) is 2. The second-order valence-corrected chi connectivity index (χ2v) is 7.73. The molecule has 4 aromatic carbocycles. The molecule has 0 fully saturated rings. The van der Waals surface area contributed by atoms with Crippen molar-refractivity contribution in [1.29, 1.82) is 0 Å². The molecule has 0 saturated carbocycles. The van der Waals surface area contributed by atoms with E-state index in [9.17, 15) is 4.79 Å². The van der Waals surface area contributed by atoms with Crippen LogP contribution in [0.3, 0.4) is 0 Å². The minimum Gasteiger partial charge on any atom is -0.494 e. The maximum absolute atomic E-state index is 13.1. The lowest BCUT2D eigenvalue weighted by molar-refractivity contribution is 0.104. The summed E-state index contributed by atoms with van der Waals surface area (Å²) in [5.74, 6) is 1.77. The first-order valence-electron chi connectivity index (χ1n) is 11.0. The maximum Gasteiger partial charge on any atom is 0.194 e. The Kier molecular flexibility index (Phi) is 5.24. The highest BCUT2D eigenvalue weighted by molar-refractivity contribution is 6.22. The molecule has 5 rings (SSSR count). The summed E-state index contributed by atoms with van der Waals surface area (Å²) in [6, 6.07) is 28.2. The molecule has 0 saturated heterocycles. The van der Waals surface area contributed by atoms with Crippen LogP contribution in [0.15, 0.2) is 84.9 Å². The minimum atomic E-state index is 0.0843. The third-order valence-corrected chi connectivity index (χ3v) is 5.82. The summed E-state index contributed by atoms with van der Waals surface area (Å²) in [7, 11) is 0. The largest absolute Gasteiger partial charge is 0.494 e. The molecule has 158 valence electrons. The van der Waals surface area contributed by atoms with Crippen LogP contribution in [0.4, 0.5) is 0 Å². The van der Waals surface area contributed by atoms with Gasteiger partial charge >= 0.3 is 0 Å². The van der Waals surface area contributed by atoms with Crippen LogP contribution in [0, 0.1) is 0 Å². The zero-order valence-electron chi connectivity index (χ0n) is 18.2. The van der Waals surface area contributed by atoms with Crippen LogP contribution in [0.1, 0.15) is 29.8 Å². The van der Waals surface area contributed by atoms with Crippen LogP contribution in [-0.2, 0) is 0 Å². The summed E-state index contributed by atoms with van der Waals surface area (Å²) in [5, 5.41) is 0. The average molecular weight is 421 g/mol. The van der Waals surface area contributed by atoms with Crippen molar-refractivity contribution < 1.29 is 14.3 Å². The number of rotatable bonds is 6. The van der Waals surface area contributed by atoms with E-state index >= 15 is 0 Å². The highest BCUT2D eigenvalue weighted by Gasteiger charge is 2.28. The van der Waals surface area contributed by atoms with Crippen LogP contribution in [0.25, 0.3) is 33.4 Å². The predicted octanol–water partition coefficient (Wildman–Crippen LogP) is 7.03. The average Bonchev–Trinajstić information content (AvgIpc) is 3.11. The van der Waals surface area contributed by atoms with Crippen molar-refractivity contribution in [2.45, 2.75) is 13.8 Å². The zero-order chi connectivity index (χ0) is 22.1. The number of carbonyl (C=O) groups excluding carboxylic acids is 1. The Labute approximate surface area is 188 Å². The predicted molar refractivity (Wildman–Crippen MR) is 129 cm³/mol. The van der Waals surface area contributed by atoms with Gasteiger partial charge in [0.1, 0.15) is 11.5 Å². The van der Waals surface area contributed by atoms with Gasteiger partial charge in [-0.25, -0.2) is 0 Å². The number of carbonyl (C=O) groups is 1. The fraction of sp³-hybridized carbons (Fsp3) is 0.138. The fourth-order valence-corrected chi connectivity index (χ4v) is 4.34. The van der Waals surface area contributed by atoms with Gasteiger partial charge < -0.3 is 9.47 Å². The van der Waals surface area contributed by atoms with Gasteiger partial charge in [0.25, 0.3) is 0 Å². The van der Waals surface area contributed by atoms with Crippen molar-refractivity contribution >= 4 is 5.78 Å². The van der Waals surface area contributed by atoms with Gasteiger partial charge in [-0.2, -0.15) is 0 Å². The van der Waals surface area contributed by atoms with Crippen LogP contribution < -0.4 is 9.47 Å². The lowest BCUT2D eigenvalue weighted by Gasteiger charge is -2.15. The first-order chi connectivity index (χ1) is 15.7. The first kappa shape index (κ1) is 20.1. The molecular weight excluding hydrogens is 396 g/mol. The van der Waals surface area contributed by atoms with Gasteiger partial charge in [-0.15, -0.1) is 0 Å². The Bertz CT molecular complexity index is 1290. The van der Waals surface area contributed by atoms with Crippen LogP contribution >= 0.6 is 0 Å². The van der Waals surface area contributed by atoms with E-state index in [-0.39, 0.29) is 5.78 Å². The van der Waals surface area contributed by atoms with Crippen molar-refractivity contribution in [1.82, 2.24) is 0 Å². The highest BCUT2D eigenvalue weighted by Crippen LogP contribution is 2.43. The van der Waals surface area contributed by atoms with Crippen molar-refractivity contribution in [3.05, 3.63) is 96.1 Å². The molecule has 0 amide bonds. The molecule has 1 aliphatic carbocycles. The second-order valence-electron chi connectivity index (χ2n) is 7.73. The molecule has 0 heterocycles. The topological polar surface area (TPSA) is 35.5 Å². The molecule has 0 aromatic heterocycles. The van der Waals surface area contributed by atoms with Crippen LogP contribution in [-0.4, -0.2) is 19.0 Å². The summed E-state index contributed by atoms with van der Waals surface area (Å²) in [6.07, 6.45) is 0. The summed E-state index contributed by atoms with van der Waals surface area (Å²) in [4.78, 5) is 13.1. The smallest absolute Gasteiger partial charge is 0.194 e. The summed E-state index contributed by atoms with van der Waals surface area (Å²) in [5.41, 5.74) is 7.74. The molecule has 0 bridgehead atoms. The van der Waals surface area contributed by atoms with Crippen molar-refractivity contribution in [2.75, 3.05) is 13.2 Å². The third kappa shape index (κ3) is 3.46. The normalized spacial score (nSPS) is 11.8. The van der Waals surface area contributed by atoms with Crippen LogP contribution in [0.2, 0.25) is 0 Å². The SMILES string of the molecule is CCOc1ccc(-c2cc3c(cc2-c2ccc(OCC)cc2)-c2ccccc2C3=O)cc1. The fourth-order valence-electron chi connectivity index (χ4n) is 4.34. The van der Waals surface area contributed by atoms with E-state index < -0.39 is 0 Å². The number of hydrogen-bond donors (Lipinski definition) is 0. The van der Waals surface area contributed by atoms with E-state index in [0.29, 0.717) is 13.2 Å². The molecule has 1 aliphatic rings.